The Hall–Kier alpha value is -1.42. The van der Waals surface area contributed by atoms with Crippen LogP contribution in [0.2, 0.25) is 0 Å². The first-order valence-corrected chi connectivity index (χ1v) is 3.74. The number of benzene rings is 1. The third kappa shape index (κ3) is 2.26. The van der Waals surface area contributed by atoms with E-state index in [1.807, 2.05) is 0 Å². The number of hydrogen-bond acceptors (Lipinski definition) is 3. The van der Waals surface area contributed by atoms with Gasteiger partial charge in [-0.25, -0.2) is 0 Å². The molecule has 0 heterocycles. The molecule has 0 amide bonds. The van der Waals surface area contributed by atoms with E-state index in [4.69, 9.17) is 0 Å². The van der Waals surface area contributed by atoms with Crippen molar-refractivity contribution in [3.63, 3.8) is 0 Å². The molecule has 1 aromatic rings. The average Bonchev–Trinajstić information content (AvgIpc) is 2.03. The van der Waals surface area contributed by atoms with Crippen LogP contribution in [0.5, 0.6) is 0 Å². The second-order valence-corrected chi connectivity index (χ2v) is 3.08. The largest absolute Gasteiger partial charge is 0.385 e. The van der Waals surface area contributed by atoms with Crippen LogP contribution in [0, 0.1) is 17.0 Å². The predicted molar refractivity (Wildman–Crippen MR) is 48.0 cm³/mol. The minimum Gasteiger partial charge on any atom is -0.385 e. The van der Waals surface area contributed by atoms with Crippen LogP contribution in [0.15, 0.2) is 24.3 Å². The minimum atomic E-state index is -1.20. The fourth-order valence-electron chi connectivity index (χ4n) is 0.942. The summed E-state index contributed by atoms with van der Waals surface area (Å²) in [6, 6.07) is 5.67. The summed E-state index contributed by atoms with van der Waals surface area (Å²) in [5.74, 6) is 0. The van der Waals surface area contributed by atoms with Crippen molar-refractivity contribution in [2.75, 3.05) is 0 Å². The number of aliphatic hydroxyl groups is 1. The number of nitro groups is 1. The lowest BCUT2D eigenvalue weighted by atomic mass is 9.98. The molecule has 0 aliphatic rings. The maximum absolute atomic E-state index is 10.3. The number of hydrogen-bond donors (Lipinski definition) is 1. The van der Waals surface area contributed by atoms with Gasteiger partial charge in [0, 0.05) is 12.1 Å². The normalized spacial score (nSPS) is 11.3. The molecule has 0 saturated carbocycles. The van der Waals surface area contributed by atoms with E-state index in [1.165, 1.54) is 31.2 Å². The summed E-state index contributed by atoms with van der Waals surface area (Å²) in [6.07, 6.45) is 0. The van der Waals surface area contributed by atoms with Crippen molar-refractivity contribution in [2.45, 2.75) is 12.5 Å². The molecule has 0 spiro atoms. The van der Waals surface area contributed by atoms with Gasteiger partial charge in [-0.1, -0.05) is 0 Å². The predicted octanol–water partition coefficient (Wildman–Crippen LogP) is 1.64. The van der Waals surface area contributed by atoms with Gasteiger partial charge in [0.1, 0.15) is 0 Å². The Bertz CT molecular complexity index is 311. The van der Waals surface area contributed by atoms with Gasteiger partial charge in [0.2, 0.25) is 0 Å². The van der Waals surface area contributed by atoms with Crippen molar-refractivity contribution in [3.05, 3.63) is 46.9 Å². The summed E-state index contributed by atoms with van der Waals surface area (Å²) in [5.41, 5.74) is -0.638. The summed E-state index contributed by atoms with van der Waals surface area (Å²) in [6.45, 7) is 5.02. The topological polar surface area (TPSA) is 63.4 Å². The molecule has 0 saturated heterocycles. The Morgan fingerprint density at radius 2 is 1.92 bits per heavy atom. The molecule has 69 valence electrons. The van der Waals surface area contributed by atoms with Crippen LogP contribution in [0.3, 0.4) is 0 Å². The third-order valence-electron chi connectivity index (χ3n) is 1.70. The number of non-ortho nitro benzene ring substituents is 1. The lowest BCUT2D eigenvalue weighted by molar-refractivity contribution is -0.384. The van der Waals surface area contributed by atoms with Crippen molar-refractivity contribution in [1.82, 2.24) is 0 Å². The highest BCUT2D eigenvalue weighted by molar-refractivity contribution is 5.35. The zero-order valence-electron chi connectivity index (χ0n) is 7.23. The van der Waals surface area contributed by atoms with Crippen LogP contribution in [0.1, 0.15) is 12.5 Å². The first kappa shape index (κ1) is 9.67. The van der Waals surface area contributed by atoms with Gasteiger partial charge in [-0.2, -0.15) is 0 Å². The monoisotopic (exact) mass is 180 g/mol. The van der Waals surface area contributed by atoms with Crippen LogP contribution < -0.4 is 0 Å². The van der Waals surface area contributed by atoms with Gasteiger partial charge in [-0.3, -0.25) is 10.1 Å². The Morgan fingerprint density at radius 3 is 2.23 bits per heavy atom. The Balaban J connectivity index is 3.01. The summed E-state index contributed by atoms with van der Waals surface area (Å²) in [4.78, 5) is 9.80. The van der Waals surface area contributed by atoms with Gasteiger partial charge in [0.25, 0.3) is 5.69 Å². The lowest BCUT2D eigenvalue weighted by Gasteiger charge is -2.16. The minimum absolute atomic E-state index is 0.00741. The maximum Gasteiger partial charge on any atom is 0.269 e. The quantitative estimate of drug-likeness (QED) is 0.555. The molecule has 1 unspecified atom stereocenters. The molecule has 1 atom stereocenters. The highest BCUT2D eigenvalue weighted by Crippen LogP contribution is 2.21. The zero-order chi connectivity index (χ0) is 10.1. The number of rotatable bonds is 2. The first-order valence-electron chi connectivity index (χ1n) is 3.74. The van der Waals surface area contributed by atoms with E-state index < -0.39 is 10.5 Å². The van der Waals surface area contributed by atoms with E-state index in [0.717, 1.165) is 0 Å². The molecule has 4 heteroatoms. The van der Waals surface area contributed by atoms with E-state index in [9.17, 15) is 15.2 Å². The van der Waals surface area contributed by atoms with Crippen LogP contribution >= 0.6 is 0 Å². The second-order valence-electron chi connectivity index (χ2n) is 3.08. The van der Waals surface area contributed by atoms with E-state index in [-0.39, 0.29) is 5.69 Å². The summed E-state index contributed by atoms with van der Waals surface area (Å²) < 4.78 is 0. The molecule has 0 aliphatic heterocycles. The van der Waals surface area contributed by atoms with Crippen LogP contribution in [0.25, 0.3) is 0 Å². The van der Waals surface area contributed by atoms with E-state index in [0.29, 0.717) is 5.56 Å². The fourth-order valence-corrected chi connectivity index (χ4v) is 0.942. The molecule has 13 heavy (non-hydrogen) atoms. The zero-order valence-corrected chi connectivity index (χ0v) is 7.23. The smallest absolute Gasteiger partial charge is 0.269 e. The van der Waals surface area contributed by atoms with Crippen LogP contribution in [0.4, 0.5) is 5.69 Å². The van der Waals surface area contributed by atoms with Crippen LogP contribution in [-0.2, 0) is 5.60 Å². The molecule has 1 rings (SSSR count). The SMILES string of the molecule is [CH2]C(C)(O)c1ccc([N+](=O)[O-])cc1. The first-order chi connectivity index (χ1) is 5.91. The second kappa shape index (κ2) is 3.14. The summed E-state index contributed by atoms with van der Waals surface area (Å²) in [7, 11) is 0. The van der Waals surface area contributed by atoms with E-state index in [2.05, 4.69) is 6.92 Å². The Morgan fingerprint density at radius 1 is 1.46 bits per heavy atom. The van der Waals surface area contributed by atoms with Crippen molar-refractivity contribution in [2.24, 2.45) is 0 Å². The summed E-state index contributed by atoms with van der Waals surface area (Å²) >= 11 is 0. The van der Waals surface area contributed by atoms with Crippen molar-refractivity contribution >= 4 is 5.69 Å². The highest BCUT2D eigenvalue weighted by atomic mass is 16.6. The number of nitrogens with zero attached hydrogens (tertiary/aromatic N) is 1. The average molecular weight is 180 g/mol. The van der Waals surface area contributed by atoms with E-state index >= 15 is 0 Å². The van der Waals surface area contributed by atoms with Crippen molar-refractivity contribution in [1.29, 1.82) is 0 Å². The molecule has 0 aromatic heterocycles. The van der Waals surface area contributed by atoms with Crippen molar-refractivity contribution < 1.29 is 10.0 Å². The van der Waals surface area contributed by atoms with Gasteiger partial charge < -0.3 is 5.11 Å². The standard InChI is InChI=1S/C9H10NO3/c1-9(2,11)7-3-5-8(6-4-7)10(12)13/h3-6,11H,1H2,2H3. The maximum atomic E-state index is 10.3. The molecule has 0 aliphatic carbocycles. The molecular formula is C9H10NO3. The Kier molecular flexibility index (Phi) is 2.34. The number of nitro benzene ring substituents is 1. The fraction of sp³-hybridized carbons (Fsp3) is 0.222. The molecule has 4 nitrogen and oxygen atoms in total. The van der Waals surface area contributed by atoms with Gasteiger partial charge in [-0.15, -0.1) is 0 Å². The van der Waals surface area contributed by atoms with Gasteiger partial charge >= 0.3 is 0 Å². The van der Waals surface area contributed by atoms with Crippen molar-refractivity contribution in [3.8, 4) is 0 Å². The highest BCUT2D eigenvalue weighted by Gasteiger charge is 2.16. The van der Waals surface area contributed by atoms with Gasteiger partial charge in [0.15, 0.2) is 0 Å². The van der Waals surface area contributed by atoms with Gasteiger partial charge in [-0.05, 0) is 31.5 Å². The molecule has 1 N–H and O–H groups in total. The molecular weight excluding hydrogens is 170 g/mol. The molecule has 0 fully saturated rings. The summed E-state index contributed by atoms with van der Waals surface area (Å²) in [5, 5.41) is 19.7. The van der Waals surface area contributed by atoms with Crippen LogP contribution in [-0.4, -0.2) is 10.0 Å². The third-order valence-corrected chi connectivity index (χ3v) is 1.70. The Labute approximate surface area is 76.0 Å². The molecule has 1 aromatic carbocycles. The van der Waals surface area contributed by atoms with E-state index in [1.54, 1.807) is 0 Å². The molecule has 0 bridgehead atoms. The lowest BCUT2D eigenvalue weighted by Crippen LogP contribution is -2.15. The molecule has 1 radical (unpaired) electrons. The van der Waals surface area contributed by atoms with Gasteiger partial charge in [0.05, 0.1) is 10.5 Å².